The summed E-state index contributed by atoms with van der Waals surface area (Å²) in [5.74, 6) is -1.39. The first-order valence-corrected chi connectivity index (χ1v) is 3.78. The highest BCUT2D eigenvalue weighted by molar-refractivity contribution is 5.02. The number of nitrogens with zero attached hydrogens (tertiary/aromatic N) is 1. The quantitative estimate of drug-likeness (QED) is 0.451. The van der Waals surface area contributed by atoms with E-state index >= 15 is 0 Å². The Balaban J connectivity index is 2.24. The Morgan fingerprint density at radius 1 is 1.40 bits per heavy atom. The van der Waals surface area contributed by atoms with Crippen molar-refractivity contribution in [2.24, 2.45) is 0 Å². The number of aliphatic hydroxyl groups is 2. The highest BCUT2D eigenvalue weighted by Gasteiger charge is 2.52. The first kappa shape index (κ1) is 6.58. The van der Waals surface area contributed by atoms with Crippen molar-refractivity contribution in [1.82, 2.24) is 4.90 Å². The van der Waals surface area contributed by atoms with Gasteiger partial charge in [0, 0.05) is 12.5 Å². The maximum atomic E-state index is 9.37. The van der Waals surface area contributed by atoms with Crippen LogP contribution in [0.3, 0.4) is 0 Å². The monoisotopic (exact) mass is 143 g/mol. The van der Waals surface area contributed by atoms with E-state index in [1.165, 1.54) is 0 Å². The van der Waals surface area contributed by atoms with Gasteiger partial charge in [0.1, 0.15) is 0 Å². The van der Waals surface area contributed by atoms with Gasteiger partial charge in [0.25, 0.3) is 0 Å². The SMILES string of the molecule is CN1C2CCC1C(O)(O)C2. The van der Waals surface area contributed by atoms with Crippen LogP contribution in [0.2, 0.25) is 0 Å². The molecule has 2 N–H and O–H groups in total. The molecule has 0 spiro atoms. The summed E-state index contributed by atoms with van der Waals surface area (Å²) in [5, 5.41) is 18.7. The Kier molecular flexibility index (Phi) is 1.14. The Bertz CT molecular complexity index is 158. The molecule has 0 saturated carbocycles. The minimum Gasteiger partial charge on any atom is -0.364 e. The number of likely N-dealkylation sites (N-methyl/N-ethyl adjacent to an activating group) is 1. The van der Waals surface area contributed by atoms with Crippen molar-refractivity contribution >= 4 is 0 Å². The van der Waals surface area contributed by atoms with Crippen LogP contribution >= 0.6 is 0 Å². The van der Waals surface area contributed by atoms with Gasteiger partial charge in [-0.25, -0.2) is 0 Å². The summed E-state index contributed by atoms with van der Waals surface area (Å²) >= 11 is 0. The van der Waals surface area contributed by atoms with E-state index in [1.807, 2.05) is 7.05 Å². The number of hydrogen-bond donors (Lipinski definition) is 2. The second-order valence-electron chi connectivity index (χ2n) is 3.50. The molecule has 0 aromatic carbocycles. The molecule has 0 aliphatic carbocycles. The highest BCUT2D eigenvalue weighted by atomic mass is 16.5. The largest absolute Gasteiger partial charge is 0.364 e. The van der Waals surface area contributed by atoms with Gasteiger partial charge in [0.05, 0.1) is 6.04 Å². The summed E-state index contributed by atoms with van der Waals surface area (Å²) in [4.78, 5) is 2.08. The predicted octanol–water partition coefficient (Wildman–Crippen LogP) is -0.466. The number of hydrogen-bond acceptors (Lipinski definition) is 3. The van der Waals surface area contributed by atoms with E-state index in [0.717, 1.165) is 12.8 Å². The third-order valence-electron chi connectivity index (χ3n) is 2.91. The lowest BCUT2D eigenvalue weighted by molar-refractivity contribution is -0.178. The zero-order valence-corrected chi connectivity index (χ0v) is 6.12. The van der Waals surface area contributed by atoms with Crippen molar-refractivity contribution in [2.75, 3.05) is 7.05 Å². The topological polar surface area (TPSA) is 43.7 Å². The fourth-order valence-electron chi connectivity index (χ4n) is 2.30. The molecule has 10 heavy (non-hydrogen) atoms. The fraction of sp³-hybridized carbons (Fsp3) is 1.00. The molecule has 0 amide bonds. The normalized spacial score (nSPS) is 44.7. The van der Waals surface area contributed by atoms with Gasteiger partial charge in [0.15, 0.2) is 5.79 Å². The summed E-state index contributed by atoms with van der Waals surface area (Å²) < 4.78 is 0. The molecule has 58 valence electrons. The summed E-state index contributed by atoms with van der Waals surface area (Å²) in [6.07, 6.45) is 2.60. The van der Waals surface area contributed by atoms with Gasteiger partial charge < -0.3 is 10.2 Å². The van der Waals surface area contributed by atoms with E-state index in [1.54, 1.807) is 0 Å². The van der Waals surface area contributed by atoms with Crippen LogP contribution < -0.4 is 0 Å². The average Bonchev–Trinajstić information content (AvgIpc) is 2.21. The number of fused-ring (bicyclic) bond motifs is 2. The third kappa shape index (κ3) is 0.654. The van der Waals surface area contributed by atoms with Gasteiger partial charge in [-0.3, -0.25) is 4.90 Å². The van der Waals surface area contributed by atoms with Crippen molar-refractivity contribution < 1.29 is 10.2 Å². The van der Waals surface area contributed by atoms with Gasteiger partial charge >= 0.3 is 0 Å². The second kappa shape index (κ2) is 1.72. The Hall–Kier alpha value is -0.120. The molecule has 0 aromatic rings. The molecule has 2 bridgehead atoms. The first-order valence-electron chi connectivity index (χ1n) is 3.78. The van der Waals surface area contributed by atoms with Crippen LogP contribution in [0.15, 0.2) is 0 Å². The van der Waals surface area contributed by atoms with Crippen molar-refractivity contribution in [3.05, 3.63) is 0 Å². The lowest BCUT2D eigenvalue weighted by atomic mass is 9.95. The smallest absolute Gasteiger partial charge is 0.180 e. The van der Waals surface area contributed by atoms with Crippen LogP contribution in [0, 0.1) is 0 Å². The zero-order valence-electron chi connectivity index (χ0n) is 6.12. The van der Waals surface area contributed by atoms with Gasteiger partial charge in [-0.15, -0.1) is 0 Å². The van der Waals surface area contributed by atoms with Crippen LogP contribution in [0.1, 0.15) is 19.3 Å². The average molecular weight is 143 g/mol. The predicted molar refractivity (Wildman–Crippen MR) is 36.4 cm³/mol. The van der Waals surface area contributed by atoms with Gasteiger partial charge in [0.2, 0.25) is 0 Å². The number of rotatable bonds is 0. The van der Waals surface area contributed by atoms with E-state index in [9.17, 15) is 10.2 Å². The molecule has 3 nitrogen and oxygen atoms in total. The fourth-order valence-corrected chi connectivity index (χ4v) is 2.30. The Morgan fingerprint density at radius 3 is 2.30 bits per heavy atom. The summed E-state index contributed by atoms with van der Waals surface area (Å²) in [5.41, 5.74) is 0. The molecule has 3 heteroatoms. The molecule has 2 atom stereocenters. The van der Waals surface area contributed by atoms with E-state index in [-0.39, 0.29) is 6.04 Å². The maximum Gasteiger partial charge on any atom is 0.180 e. The molecule has 0 aromatic heterocycles. The third-order valence-corrected chi connectivity index (χ3v) is 2.91. The minimum atomic E-state index is -1.39. The lowest BCUT2D eigenvalue weighted by Gasteiger charge is -2.25. The zero-order chi connectivity index (χ0) is 7.35. The summed E-state index contributed by atoms with van der Waals surface area (Å²) in [6.45, 7) is 0. The van der Waals surface area contributed by atoms with Crippen LogP contribution in [0.25, 0.3) is 0 Å². The van der Waals surface area contributed by atoms with Crippen molar-refractivity contribution in [1.29, 1.82) is 0 Å². The van der Waals surface area contributed by atoms with E-state index in [4.69, 9.17) is 0 Å². The van der Waals surface area contributed by atoms with Crippen molar-refractivity contribution in [2.45, 2.75) is 37.1 Å². The highest BCUT2D eigenvalue weighted by Crippen LogP contribution is 2.41. The van der Waals surface area contributed by atoms with Crippen LogP contribution in [-0.2, 0) is 0 Å². The van der Waals surface area contributed by atoms with E-state index in [2.05, 4.69) is 4.90 Å². The molecular weight excluding hydrogens is 130 g/mol. The van der Waals surface area contributed by atoms with Crippen molar-refractivity contribution in [3.63, 3.8) is 0 Å². The first-order chi connectivity index (χ1) is 4.61. The van der Waals surface area contributed by atoms with Gasteiger partial charge in [-0.2, -0.15) is 0 Å². The second-order valence-corrected chi connectivity index (χ2v) is 3.50. The molecule has 0 radical (unpaired) electrons. The Morgan fingerprint density at radius 2 is 2.10 bits per heavy atom. The van der Waals surface area contributed by atoms with Crippen LogP contribution in [0.5, 0.6) is 0 Å². The van der Waals surface area contributed by atoms with Crippen LogP contribution in [-0.4, -0.2) is 40.0 Å². The Labute approximate surface area is 60.3 Å². The standard InChI is InChI=1S/C7H13NO2/c1-8-5-2-3-6(8)7(9,10)4-5/h5-6,9-10H,2-4H2,1H3. The molecule has 2 saturated heterocycles. The molecule has 2 heterocycles. The summed E-state index contributed by atoms with van der Waals surface area (Å²) in [6, 6.07) is 0.414. The van der Waals surface area contributed by atoms with Crippen LogP contribution in [0.4, 0.5) is 0 Å². The van der Waals surface area contributed by atoms with E-state index in [0.29, 0.717) is 12.5 Å². The molecule has 2 aliphatic heterocycles. The molecule has 2 fully saturated rings. The molecule has 2 unspecified atom stereocenters. The lowest BCUT2D eigenvalue weighted by Crippen LogP contribution is -2.41. The van der Waals surface area contributed by atoms with E-state index < -0.39 is 5.79 Å². The van der Waals surface area contributed by atoms with Crippen molar-refractivity contribution in [3.8, 4) is 0 Å². The van der Waals surface area contributed by atoms with Gasteiger partial charge in [-0.05, 0) is 19.9 Å². The molecule has 2 aliphatic rings. The molecular formula is C7H13NO2. The van der Waals surface area contributed by atoms with Gasteiger partial charge in [-0.1, -0.05) is 0 Å². The summed E-state index contributed by atoms with van der Waals surface area (Å²) in [7, 11) is 1.97. The maximum absolute atomic E-state index is 9.37. The minimum absolute atomic E-state index is 0.00231. The molecule has 2 rings (SSSR count).